The monoisotopic (exact) mass is 284 g/mol. The summed E-state index contributed by atoms with van der Waals surface area (Å²) in [4.78, 5) is 12.0. The van der Waals surface area contributed by atoms with E-state index >= 15 is 0 Å². The van der Waals surface area contributed by atoms with E-state index in [9.17, 15) is 13.6 Å². The molecular formula is C14H18F2N2O2. The van der Waals surface area contributed by atoms with Gasteiger partial charge in [-0.05, 0) is 37.1 Å². The molecule has 0 aliphatic heterocycles. The van der Waals surface area contributed by atoms with Crippen LogP contribution in [0.2, 0.25) is 0 Å². The minimum atomic E-state index is -2.87. The molecule has 6 heteroatoms. The van der Waals surface area contributed by atoms with Crippen LogP contribution < -0.4 is 15.8 Å². The van der Waals surface area contributed by atoms with E-state index in [0.29, 0.717) is 5.56 Å². The molecule has 0 heterocycles. The lowest BCUT2D eigenvalue weighted by atomic mass is 9.91. The van der Waals surface area contributed by atoms with Gasteiger partial charge in [-0.3, -0.25) is 4.79 Å². The summed E-state index contributed by atoms with van der Waals surface area (Å²) in [5.41, 5.74) is 6.37. The molecule has 0 spiro atoms. The molecule has 1 fully saturated rings. The molecule has 1 aromatic carbocycles. The number of amides is 1. The van der Waals surface area contributed by atoms with Crippen molar-refractivity contribution in [2.24, 2.45) is 5.73 Å². The number of carbonyl (C=O) groups is 1. The van der Waals surface area contributed by atoms with Crippen LogP contribution in [0.25, 0.3) is 0 Å². The highest BCUT2D eigenvalue weighted by atomic mass is 19.3. The van der Waals surface area contributed by atoms with Crippen LogP contribution in [-0.4, -0.2) is 24.6 Å². The van der Waals surface area contributed by atoms with E-state index in [1.54, 1.807) is 0 Å². The van der Waals surface area contributed by atoms with Crippen molar-refractivity contribution in [1.82, 2.24) is 5.32 Å². The molecule has 1 amide bonds. The zero-order valence-electron chi connectivity index (χ0n) is 11.0. The van der Waals surface area contributed by atoms with Gasteiger partial charge < -0.3 is 15.8 Å². The van der Waals surface area contributed by atoms with E-state index < -0.39 is 6.61 Å². The second kappa shape index (κ2) is 6.65. The van der Waals surface area contributed by atoms with E-state index in [1.807, 2.05) is 0 Å². The Morgan fingerprint density at radius 2 is 1.90 bits per heavy atom. The van der Waals surface area contributed by atoms with Gasteiger partial charge in [-0.2, -0.15) is 8.78 Å². The molecule has 1 saturated carbocycles. The number of hydrogen-bond donors (Lipinski definition) is 2. The van der Waals surface area contributed by atoms with Gasteiger partial charge in [0, 0.05) is 17.6 Å². The number of carbonyl (C=O) groups excluding carboxylic acids is 1. The molecule has 0 aromatic heterocycles. The summed E-state index contributed by atoms with van der Waals surface area (Å²) in [5, 5.41) is 2.89. The fourth-order valence-corrected chi connectivity index (χ4v) is 2.38. The van der Waals surface area contributed by atoms with Crippen molar-refractivity contribution in [1.29, 1.82) is 0 Å². The topological polar surface area (TPSA) is 64.3 Å². The van der Waals surface area contributed by atoms with Gasteiger partial charge in [0.05, 0.1) is 0 Å². The Labute approximate surface area is 116 Å². The van der Waals surface area contributed by atoms with Gasteiger partial charge in [0.2, 0.25) is 0 Å². The molecule has 1 aliphatic carbocycles. The summed E-state index contributed by atoms with van der Waals surface area (Å²) in [5.74, 6) is -0.207. The molecule has 110 valence electrons. The van der Waals surface area contributed by atoms with Crippen LogP contribution in [0.1, 0.15) is 36.0 Å². The second-order valence-corrected chi connectivity index (χ2v) is 4.93. The van der Waals surface area contributed by atoms with Crippen molar-refractivity contribution in [2.75, 3.05) is 0 Å². The molecule has 1 aromatic rings. The van der Waals surface area contributed by atoms with Gasteiger partial charge in [-0.1, -0.05) is 12.8 Å². The van der Waals surface area contributed by atoms with Crippen molar-refractivity contribution < 1.29 is 18.3 Å². The maximum atomic E-state index is 12.0. The summed E-state index contributed by atoms with van der Waals surface area (Å²) < 4.78 is 28.3. The maximum absolute atomic E-state index is 12.0. The Morgan fingerprint density at radius 1 is 1.25 bits per heavy atom. The first kappa shape index (κ1) is 14.7. The van der Waals surface area contributed by atoms with Gasteiger partial charge in [-0.25, -0.2) is 0 Å². The third kappa shape index (κ3) is 3.90. The number of nitrogens with two attached hydrogens (primary N) is 1. The summed E-state index contributed by atoms with van der Waals surface area (Å²) >= 11 is 0. The minimum absolute atomic E-state index is 0.0193. The van der Waals surface area contributed by atoms with Crippen LogP contribution in [0.5, 0.6) is 5.75 Å². The fraction of sp³-hybridized carbons (Fsp3) is 0.500. The minimum Gasteiger partial charge on any atom is -0.435 e. The number of ether oxygens (including phenoxy) is 1. The Morgan fingerprint density at radius 3 is 2.50 bits per heavy atom. The summed E-state index contributed by atoms with van der Waals surface area (Å²) in [6, 6.07) is 5.58. The summed E-state index contributed by atoms with van der Waals surface area (Å²) in [6.07, 6.45) is 3.93. The van der Waals surface area contributed by atoms with Gasteiger partial charge in [0.15, 0.2) is 0 Å². The molecule has 0 radical (unpaired) electrons. The predicted molar refractivity (Wildman–Crippen MR) is 70.8 cm³/mol. The first-order chi connectivity index (χ1) is 9.56. The lowest BCUT2D eigenvalue weighted by Gasteiger charge is -2.29. The lowest BCUT2D eigenvalue weighted by molar-refractivity contribution is -0.0498. The van der Waals surface area contributed by atoms with Crippen LogP contribution >= 0.6 is 0 Å². The van der Waals surface area contributed by atoms with Crippen LogP contribution in [0, 0.1) is 0 Å². The van der Waals surface area contributed by atoms with E-state index in [1.165, 1.54) is 24.3 Å². The molecule has 3 N–H and O–H groups in total. The van der Waals surface area contributed by atoms with Crippen molar-refractivity contribution in [2.45, 2.75) is 44.4 Å². The van der Waals surface area contributed by atoms with Gasteiger partial charge in [0.1, 0.15) is 5.75 Å². The van der Waals surface area contributed by atoms with E-state index in [2.05, 4.69) is 10.1 Å². The highest BCUT2D eigenvalue weighted by molar-refractivity contribution is 5.94. The SMILES string of the molecule is N[C@@H]1CCCC[C@H]1NC(=O)c1ccc(OC(F)F)cc1. The second-order valence-electron chi connectivity index (χ2n) is 4.93. The quantitative estimate of drug-likeness (QED) is 0.891. The number of nitrogens with one attached hydrogen (secondary N) is 1. The van der Waals surface area contributed by atoms with Crippen molar-refractivity contribution in [3.8, 4) is 5.75 Å². The number of rotatable bonds is 4. The Bertz CT molecular complexity index is 451. The molecule has 2 rings (SSSR count). The molecule has 1 aliphatic rings. The maximum Gasteiger partial charge on any atom is 0.387 e. The fourth-order valence-electron chi connectivity index (χ4n) is 2.38. The van der Waals surface area contributed by atoms with Gasteiger partial charge >= 0.3 is 6.61 Å². The summed E-state index contributed by atoms with van der Waals surface area (Å²) in [6.45, 7) is -2.87. The molecule has 0 bridgehead atoms. The van der Waals surface area contributed by atoms with Crippen molar-refractivity contribution >= 4 is 5.91 Å². The zero-order valence-corrected chi connectivity index (χ0v) is 11.0. The number of benzene rings is 1. The third-order valence-electron chi connectivity index (χ3n) is 3.48. The standard InChI is InChI=1S/C14H18F2N2O2/c15-14(16)20-10-7-5-9(6-8-10)13(19)18-12-4-2-1-3-11(12)17/h5-8,11-12,14H,1-4,17H2,(H,18,19)/t11-,12-/m1/s1. The average molecular weight is 284 g/mol. The van der Waals surface area contributed by atoms with E-state index in [-0.39, 0.29) is 23.7 Å². The predicted octanol–water partition coefficient (Wildman–Crippen LogP) is 2.29. The van der Waals surface area contributed by atoms with Crippen molar-refractivity contribution in [3.63, 3.8) is 0 Å². The molecule has 20 heavy (non-hydrogen) atoms. The first-order valence-corrected chi connectivity index (χ1v) is 6.67. The smallest absolute Gasteiger partial charge is 0.387 e. The largest absolute Gasteiger partial charge is 0.435 e. The normalized spacial score (nSPS) is 22.6. The number of halogens is 2. The molecule has 2 atom stereocenters. The third-order valence-corrected chi connectivity index (χ3v) is 3.48. The van der Waals surface area contributed by atoms with Crippen LogP contribution in [0.15, 0.2) is 24.3 Å². The van der Waals surface area contributed by atoms with Gasteiger partial charge in [-0.15, -0.1) is 0 Å². The highest BCUT2D eigenvalue weighted by Crippen LogP contribution is 2.18. The zero-order chi connectivity index (χ0) is 14.5. The molecule has 4 nitrogen and oxygen atoms in total. The van der Waals surface area contributed by atoms with E-state index in [0.717, 1.165) is 25.7 Å². The molecule has 0 saturated heterocycles. The Hall–Kier alpha value is -1.69. The first-order valence-electron chi connectivity index (χ1n) is 6.67. The average Bonchev–Trinajstić information content (AvgIpc) is 2.41. The van der Waals surface area contributed by atoms with E-state index in [4.69, 9.17) is 5.73 Å². The molecule has 0 unspecified atom stereocenters. The van der Waals surface area contributed by atoms with Crippen molar-refractivity contribution in [3.05, 3.63) is 29.8 Å². The van der Waals surface area contributed by atoms with Crippen LogP contribution in [0.3, 0.4) is 0 Å². The van der Waals surface area contributed by atoms with Crippen LogP contribution in [0.4, 0.5) is 8.78 Å². The van der Waals surface area contributed by atoms with Crippen LogP contribution in [-0.2, 0) is 0 Å². The molecular weight excluding hydrogens is 266 g/mol. The number of alkyl halides is 2. The van der Waals surface area contributed by atoms with Gasteiger partial charge in [0.25, 0.3) is 5.91 Å². The summed E-state index contributed by atoms with van der Waals surface area (Å²) in [7, 11) is 0. The lowest BCUT2D eigenvalue weighted by Crippen LogP contribution is -2.49. The number of hydrogen-bond acceptors (Lipinski definition) is 3. The Kier molecular flexibility index (Phi) is 4.89. The highest BCUT2D eigenvalue weighted by Gasteiger charge is 2.23. The Balaban J connectivity index is 1.95.